The summed E-state index contributed by atoms with van der Waals surface area (Å²) in [7, 11) is 1.62. The quantitative estimate of drug-likeness (QED) is 0.777. The van der Waals surface area contributed by atoms with Gasteiger partial charge in [0.15, 0.2) is 0 Å². The Morgan fingerprint density at radius 2 is 1.74 bits per heavy atom. The van der Waals surface area contributed by atoms with Gasteiger partial charge in [-0.25, -0.2) is 14.4 Å². The number of carboxylic acid groups (broad SMARTS) is 1. The number of rotatable bonds is 6. The molecule has 0 saturated heterocycles. The predicted octanol–water partition coefficient (Wildman–Crippen LogP) is 3.75. The molecule has 27 heavy (non-hydrogen) atoms. The molecule has 0 spiro atoms. The van der Waals surface area contributed by atoms with Crippen molar-refractivity contribution in [3.63, 3.8) is 0 Å². The van der Waals surface area contributed by atoms with Gasteiger partial charge in [0, 0.05) is 13.6 Å². The average Bonchev–Trinajstić information content (AvgIpc) is 2.67. The topological polar surface area (TPSA) is 93.1 Å². The summed E-state index contributed by atoms with van der Waals surface area (Å²) in [5.74, 6) is -1.62. The number of aromatic carboxylic acids is 1. The van der Waals surface area contributed by atoms with Gasteiger partial charge in [-0.2, -0.15) is 0 Å². The monoisotopic (exact) mass is 371 g/mol. The second-order valence-electron chi connectivity index (χ2n) is 5.85. The van der Waals surface area contributed by atoms with Gasteiger partial charge in [0.1, 0.15) is 11.9 Å². The number of benzene rings is 2. The van der Waals surface area contributed by atoms with Gasteiger partial charge < -0.3 is 19.5 Å². The molecule has 0 fully saturated rings. The van der Waals surface area contributed by atoms with Crippen molar-refractivity contribution >= 4 is 18.0 Å². The van der Waals surface area contributed by atoms with Crippen LogP contribution in [-0.4, -0.2) is 41.6 Å². The highest BCUT2D eigenvalue weighted by molar-refractivity contribution is 6.02. The Morgan fingerprint density at radius 1 is 1.07 bits per heavy atom. The van der Waals surface area contributed by atoms with Gasteiger partial charge in [-0.1, -0.05) is 24.3 Å². The summed E-state index contributed by atoms with van der Waals surface area (Å²) in [6, 6.07) is 12.5. The van der Waals surface area contributed by atoms with E-state index in [0.29, 0.717) is 17.9 Å². The number of hydrogen-bond donors (Lipinski definition) is 1. The summed E-state index contributed by atoms with van der Waals surface area (Å²) >= 11 is 0. The molecule has 0 aliphatic rings. The van der Waals surface area contributed by atoms with E-state index >= 15 is 0 Å². The second-order valence-corrected chi connectivity index (χ2v) is 5.85. The minimum atomic E-state index is -1.20. The number of amides is 1. The van der Waals surface area contributed by atoms with Crippen LogP contribution in [-0.2, 0) is 4.74 Å². The first-order valence-electron chi connectivity index (χ1n) is 8.39. The Morgan fingerprint density at radius 3 is 2.37 bits per heavy atom. The third kappa shape index (κ3) is 5.07. The summed E-state index contributed by atoms with van der Waals surface area (Å²) in [6.45, 7) is 3.99. The van der Waals surface area contributed by atoms with Crippen molar-refractivity contribution in [2.75, 3.05) is 13.6 Å². The molecule has 0 aliphatic heterocycles. The molecule has 1 amide bonds. The minimum Gasteiger partial charge on any atom is -0.478 e. The van der Waals surface area contributed by atoms with E-state index in [-0.39, 0.29) is 11.1 Å². The SMILES string of the molecule is CCN(C)C(=O)Oc1cccc(C(C)OC(=O)c2ccccc2C(=O)O)c1. The van der Waals surface area contributed by atoms with E-state index in [4.69, 9.17) is 9.47 Å². The molecule has 7 nitrogen and oxygen atoms in total. The van der Waals surface area contributed by atoms with Crippen molar-refractivity contribution in [1.82, 2.24) is 4.90 Å². The lowest BCUT2D eigenvalue weighted by Gasteiger charge is -2.17. The number of carbonyl (C=O) groups is 3. The van der Waals surface area contributed by atoms with E-state index in [0.717, 1.165) is 0 Å². The lowest BCUT2D eigenvalue weighted by Crippen LogP contribution is -2.29. The number of ether oxygens (including phenoxy) is 2. The number of carbonyl (C=O) groups excluding carboxylic acids is 2. The first kappa shape index (κ1) is 20.0. The Balaban J connectivity index is 2.13. The highest BCUT2D eigenvalue weighted by Gasteiger charge is 2.20. The third-order valence-electron chi connectivity index (χ3n) is 3.98. The van der Waals surface area contributed by atoms with Crippen molar-refractivity contribution in [2.45, 2.75) is 20.0 Å². The van der Waals surface area contributed by atoms with Crippen LogP contribution in [0.3, 0.4) is 0 Å². The molecule has 0 aliphatic carbocycles. The molecule has 0 bridgehead atoms. The Hall–Kier alpha value is -3.35. The maximum Gasteiger partial charge on any atom is 0.414 e. The van der Waals surface area contributed by atoms with Crippen LogP contribution < -0.4 is 4.74 Å². The van der Waals surface area contributed by atoms with Crippen LogP contribution in [0.25, 0.3) is 0 Å². The first-order chi connectivity index (χ1) is 12.8. The smallest absolute Gasteiger partial charge is 0.414 e. The van der Waals surface area contributed by atoms with Gasteiger partial charge in [-0.3, -0.25) is 0 Å². The fourth-order valence-corrected chi connectivity index (χ4v) is 2.28. The maximum atomic E-state index is 12.4. The lowest BCUT2D eigenvalue weighted by molar-refractivity contribution is 0.0331. The van der Waals surface area contributed by atoms with Gasteiger partial charge in [0.2, 0.25) is 0 Å². The van der Waals surface area contributed by atoms with Gasteiger partial charge in [-0.05, 0) is 43.7 Å². The zero-order chi connectivity index (χ0) is 20.0. The van der Waals surface area contributed by atoms with E-state index in [9.17, 15) is 19.5 Å². The Bertz CT molecular complexity index is 848. The summed E-state index contributed by atoms with van der Waals surface area (Å²) < 4.78 is 10.7. The van der Waals surface area contributed by atoms with Gasteiger partial charge in [0.05, 0.1) is 11.1 Å². The zero-order valence-corrected chi connectivity index (χ0v) is 15.3. The largest absolute Gasteiger partial charge is 0.478 e. The second kappa shape index (κ2) is 8.84. The van der Waals surface area contributed by atoms with E-state index in [1.807, 2.05) is 6.92 Å². The molecule has 1 atom stereocenters. The van der Waals surface area contributed by atoms with Crippen molar-refractivity contribution < 1.29 is 29.0 Å². The van der Waals surface area contributed by atoms with Gasteiger partial charge in [0.25, 0.3) is 0 Å². The fraction of sp³-hybridized carbons (Fsp3) is 0.250. The summed E-state index contributed by atoms with van der Waals surface area (Å²) in [5, 5.41) is 9.19. The molecular weight excluding hydrogens is 350 g/mol. The molecule has 0 aromatic heterocycles. The van der Waals surface area contributed by atoms with Crippen molar-refractivity contribution in [3.8, 4) is 5.75 Å². The molecule has 1 N–H and O–H groups in total. The zero-order valence-electron chi connectivity index (χ0n) is 15.3. The van der Waals surface area contributed by atoms with E-state index in [2.05, 4.69) is 0 Å². The number of carboxylic acids is 1. The summed E-state index contributed by atoms with van der Waals surface area (Å²) in [5.41, 5.74) is 0.463. The van der Waals surface area contributed by atoms with Crippen LogP contribution in [0.2, 0.25) is 0 Å². The van der Waals surface area contributed by atoms with Gasteiger partial charge >= 0.3 is 18.0 Å². The number of nitrogens with zero attached hydrogens (tertiary/aromatic N) is 1. The Labute approximate surface area is 157 Å². The van der Waals surface area contributed by atoms with Crippen molar-refractivity contribution in [2.24, 2.45) is 0 Å². The predicted molar refractivity (Wildman–Crippen MR) is 98.0 cm³/mol. The molecule has 1 unspecified atom stereocenters. The molecule has 0 radical (unpaired) electrons. The molecular formula is C20H21NO6. The molecule has 0 heterocycles. The highest BCUT2D eigenvalue weighted by atomic mass is 16.6. The van der Waals surface area contributed by atoms with Crippen LogP contribution in [0, 0.1) is 0 Å². The van der Waals surface area contributed by atoms with E-state index < -0.39 is 24.1 Å². The number of esters is 1. The van der Waals surface area contributed by atoms with Crippen LogP contribution in [0.1, 0.15) is 46.2 Å². The lowest BCUT2D eigenvalue weighted by atomic mass is 10.1. The van der Waals surface area contributed by atoms with Crippen LogP contribution in [0.4, 0.5) is 4.79 Å². The minimum absolute atomic E-state index is 0.0241. The van der Waals surface area contributed by atoms with Crippen molar-refractivity contribution in [3.05, 3.63) is 65.2 Å². The molecule has 0 saturated carbocycles. The van der Waals surface area contributed by atoms with Gasteiger partial charge in [-0.15, -0.1) is 0 Å². The standard InChI is InChI=1S/C20H21NO6/c1-4-21(3)20(25)27-15-9-7-8-14(12-15)13(2)26-19(24)17-11-6-5-10-16(17)18(22)23/h5-13H,4H2,1-3H3,(H,22,23). The molecule has 2 aromatic rings. The van der Waals surface area contributed by atoms with Crippen molar-refractivity contribution in [1.29, 1.82) is 0 Å². The van der Waals surface area contributed by atoms with E-state index in [1.54, 1.807) is 44.3 Å². The van der Waals surface area contributed by atoms with E-state index in [1.165, 1.54) is 23.1 Å². The number of hydrogen-bond acceptors (Lipinski definition) is 5. The maximum absolute atomic E-state index is 12.4. The first-order valence-corrected chi connectivity index (χ1v) is 8.39. The Kier molecular flexibility index (Phi) is 6.54. The highest BCUT2D eigenvalue weighted by Crippen LogP contribution is 2.24. The summed E-state index contributed by atoms with van der Waals surface area (Å²) in [6.07, 6.45) is -1.16. The molecule has 2 aromatic carbocycles. The third-order valence-corrected chi connectivity index (χ3v) is 3.98. The van der Waals surface area contributed by atoms with Crippen LogP contribution in [0.5, 0.6) is 5.75 Å². The van der Waals surface area contributed by atoms with Crippen LogP contribution in [0.15, 0.2) is 48.5 Å². The molecule has 142 valence electrons. The van der Waals surface area contributed by atoms with Crippen LogP contribution >= 0.6 is 0 Å². The average molecular weight is 371 g/mol. The fourth-order valence-electron chi connectivity index (χ4n) is 2.28. The molecule has 7 heteroatoms. The summed E-state index contributed by atoms with van der Waals surface area (Å²) in [4.78, 5) is 36.9. The molecule has 2 rings (SSSR count). The normalized spacial score (nSPS) is 11.4.